The number of nitrogens with one attached hydrogen (secondary N) is 2. The average Bonchev–Trinajstić information content (AvgIpc) is 2.72. The summed E-state index contributed by atoms with van der Waals surface area (Å²) < 4.78 is 0. The number of aromatic nitrogens is 1. The molecule has 8 nitrogen and oxygen atoms in total. The van der Waals surface area contributed by atoms with E-state index in [0.29, 0.717) is 29.5 Å². The van der Waals surface area contributed by atoms with Gasteiger partial charge in [-0.1, -0.05) is 11.6 Å². The van der Waals surface area contributed by atoms with E-state index in [0.717, 1.165) is 31.6 Å². The van der Waals surface area contributed by atoms with Crippen LogP contribution in [-0.2, 0) is 0 Å². The number of nitro benzene ring substituents is 1. The summed E-state index contributed by atoms with van der Waals surface area (Å²) in [6, 6.07) is 7.87. The number of amides is 1. The number of carbonyl (C=O) groups excluding carboxylic acids is 1. The molecule has 1 aliphatic heterocycles. The van der Waals surface area contributed by atoms with Gasteiger partial charge in [0.05, 0.1) is 15.5 Å². The fraction of sp³-hybridized carbons (Fsp3) is 0.368. The Labute approximate surface area is 168 Å². The van der Waals surface area contributed by atoms with Crippen LogP contribution in [0.2, 0.25) is 5.02 Å². The molecule has 2 heterocycles. The predicted octanol–water partition coefficient (Wildman–Crippen LogP) is 3.79. The van der Waals surface area contributed by atoms with Crippen molar-refractivity contribution in [3.05, 3.63) is 57.2 Å². The van der Waals surface area contributed by atoms with E-state index in [-0.39, 0.29) is 11.6 Å². The summed E-state index contributed by atoms with van der Waals surface area (Å²) in [5.41, 5.74) is 1.34. The van der Waals surface area contributed by atoms with Crippen molar-refractivity contribution in [3.8, 4) is 0 Å². The van der Waals surface area contributed by atoms with E-state index in [4.69, 9.17) is 11.6 Å². The number of non-ortho nitro benzene ring substituents is 1. The second kappa shape index (κ2) is 9.36. The number of halogens is 1. The molecule has 0 spiro atoms. The minimum atomic E-state index is -0.432. The number of hydrogen-bond acceptors (Lipinski definition) is 6. The quantitative estimate of drug-likeness (QED) is 0.414. The Kier molecular flexibility index (Phi) is 6.65. The first kappa shape index (κ1) is 19.9. The van der Waals surface area contributed by atoms with Gasteiger partial charge < -0.3 is 15.5 Å². The topological polar surface area (TPSA) is 100 Å². The highest BCUT2D eigenvalue weighted by Crippen LogP contribution is 2.22. The number of pyridine rings is 1. The van der Waals surface area contributed by atoms with Crippen molar-refractivity contribution in [1.82, 2.24) is 9.88 Å². The van der Waals surface area contributed by atoms with Gasteiger partial charge in [-0.2, -0.15) is 0 Å². The van der Waals surface area contributed by atoms with Crippen molar-refractivity contribution in [3.63, 3.8) is 0 Å². The second-order valence-electron chi connectivity index (χ2n) is 6.56. The number of nitro groups is 1. The zero-order valence-corrected chi connectivity index (χ0v) is 16.1. The average molecular weight is 404 g/mol. The lowest BCUT2D eigenvalue weighted by molar-refractivity contribution is -0.384. The van der Waals surface area contributed by atoms with Gasteiger partial charge in [0.2, 0.25) is 0 Å². The maximum absolute atomic E-state index is 12.5. The number of likely N-dealkylation sites (tertiary alicyclic amines) is 1. The molecular weight excluding hydrogens is 382 g/mol. The SMILES string of the molecule is O=C(c1cnc(NCCNc2ccc([N+](=O)[O-])cc2)c(Cl)c1)N1CCCCC1. The third-order valence-electron chi connectivity index (χ3n) is 4.56. The molecule has 1 fully saturated rings. The molecule has 0 radical (unpaired) electrons. The van der Waals surface area contributed by atoms with Gasteiger partial charge in [-0.05, 0) is 37.5 Å². The number of carbonyl (C=O) groups is 1. The Bertz CT molecular complexity index is 838. The van der Waals surface area contributed by atoms with Crippen LogP contribution < -0.4 is 10.6 Å². The van der Waals surface area contributed by atoms with Crippen molar-refractivity contribution in [2.24, 2.45) is 0 Å². The maximum atomic E-state index is 12.5. The Balaban J connectivity index is 1.49. The first-order valence-electron chi connectivity index (χ1n) is 9.21. The van der Waals surface area contributed by atoms with Gasteiger partial charge in [0.1, 0.15) is 5.82 Å². The minimum absolute atomic E-state index is 0.0273. The Morgan fingerprint density at radius 3 is 2.46 bits per heavy atom. The fourth-order valence-corrected chi connectivity index (χ4v) is 3.29. The Hall–Kier alpha value is -2.87. The van der Waals surface area contributed by atoms with Crippen LogP contribution in [0.4, 0.5) is 17.2 Å². The van der Waals surface area contributed by atoms with Gasteiger partial charge in [-0.3, -0.25) is 14.9 Å². The second-order valence-corrected chi connectivity index (χ2v) is 6.97. The van der Waals surface area contributed by atoms with Crippen molar-refractivity contribution in [2.75, 3.05) is 36.8 Å². The number of nitrogens with zero attached hydrogens (tertiary/aromatic N) is 3. The zero-order valence-electron chi connectivity index (χ0n) is 15.4. The standard InChI is InChI=1S/C19H22ClN5O3/c20-17-12-14(19(26)24-10-2-1-3-11-24)13-23-18(17)22-9-8-21-15-4-6-16(7-5-15)25(27)28/h4-7,12-13,21H,1-3,8-11H2,(H,22,23). The minimum Gasteiger partial charge on any atom is -0.383 e. The van der Waals surface area contributed by atoms with Gasteiger partial charge in [0.15, 0.2) is 0 Å². The highest BCUT2D eigenvalue weighted by atomic mass is 35.5. The molecule has 1 aromatic heterocycles. The first-order chi connectivity index (χ1) is 13.5. The van der Waals surface area contributed by atoms with Gasteiger partial charge in [-0.15, -0.1) is 0 Å². The molecule has 0 bridgehead atoms. The number of benzene rings is 1. The van der Waals surface area contributed by atoms with E-state index in [1.165, 1.54) is 18.6 Å². The van der Waals surface area contributed by atoms with E-state index >= 15 is 0 Å². The summed E-state index contributed by atoms with van der Waals surface area (Å²) in [5, 5.41) is 17.3. The molecule has 3 rings (SSSR count). The van der Waals surface area contributed by atoms with Crippen LogP contribution in [-0.4, -0.2) is 46.9 Å². The number of anilines is 2. The highest BCUT2D eigenvalue weighted by molar-refractivity contribution is 6.33. The molecule has 28 heavy (non-hydrogen) atoms. The van der Waals surface area contributed by atoms with E-state index in [1.807, 2.05) is 4.90 Å². The molecule has 0 unspecified atom stereocenters. The molecule has 2 aromatic rings. The van der Waals surface area contributed by atoms with Gasteiger partial charge in [0, 0.05) is 50.2 Å². The van der Waals surface area contributed by atoms with Crippen LogP contribution in [0.3, 0.4) is 0 Å². The zero-order chi connectivity index (χ0) is 19.9. The van der Waals surface area contributed by atoms with E-state index in [9.17, 15) is 14.9 Å². The predicted molar refractivity (Wildman–Crippen MR) is 109 cm³/mol. The first-order valence-corrected chi connectivity index (χ1v) is 9.59. The lowest BCUT2D eigenvalue weighted by Gasteiger charge is -2.26. The lowest BCUT2D eigenvalue weighted by Crippen LogP contribution is -2.35. The third kappa shape index (κ3) is 5.10. The molecule has 1 aromatic carbocycles. The summed E-state index contributed by atoms with van der Waals surface area (Å²) in [6.07, 6.45) is 4.79. The molecule has 2 N–H and O–H groups in total. The summed E-state index contributed by atoms with van der Waals surface area (Å²) in [7, 11) is 0. The highest BCUT2D eigenvalue weighted by Gasteiger charge is 2.19. The van der Waals surface area contributed by atoms with Crippen LogP contribution >= 0.6 is 11.6 Å². The summed E-state index contributed by atoms with van der Waals surface area (Å²) >= 11 is 6.28. The van der Waals surface area contributed by atoms with E-state index in [1.54, 1.807) is 24.4 Å². The van der Waals surface area contributed by atoms with Gasteiger partial charge >= 0.3 is 0 Å². The number of piperidine rings is 1. The maximum Gasteiger partial charge on any atom is 0.269 e. The van der Waals surface area contributed by atoms with E-state index < -0.39 is 4.92 Å². The monoisotopic (exact) mass is 403 g/mol. The summed E-state index contributed by atoms with van der Waals surface area (Å²) in [4.78, 5) is 28.8. The van der Waals surface area contributed by atoms with Crippen molar-refractivity contribution >= 4 is 34.7 Å². The summed E-state index contributed by atoms with van der Waals surface area (Å²) in [5.74, 6) is 0.489. The molecule has 1 amide bonds. The van der Waals surface area contributed by atoms with Crippen molar-refractivity contribution in [1.29, 1.82) is 0 Å². The normalized spacial score (nSPS) is 13.8. The third-order valence-corrected chi connectivity index (χ3v) is 4.84. The molecule has 0 saturated carbocycles. The van der Waals surface area contributed by atoms with E-state index in [2.05, 4.69) is 15.6 Å². The largest absolute Gasteiger partial charge is 0.383 e. The van der Waals surface area contributed by atoms with Crippen LogP contribution in [0.15, 0.2) is 36.5 Å². The van der Waals surface area contributed by atoms with Crippen molar-refractivity contribution in [2.45, 2.75) is 19.3 Å². The van der Waals surface area contributed by atoms with Crippen LogP contribution in [0, 0.1) is 10.1 Å². The number of hydrogen-bond donors (Lipinski definition) is 2. The molecule has 0 atom stereocenters. The van der Waals surface area contributed by atoms with Crippen molar-refractivity contribution < 1.29 is 9.72 Å². The molecule has 9 heteroatoms. The van der Waals surface area contributed by atoms with Gasteiger partial charge in [0.25, 0.3) is 11.6 Å². The Morgan fingerprint density at radius 2 is 1.82 bits per heavy atom. The van der Waals surface area contributed by atoms with Gasteiger partial charge in [-0.25, -0.2) is 4.98 Å². The van der Waals surface area contributed by atoms with Crippen LogP contribution in [0.1, 0.15) is 29.6 Å². The molecule has 0 aliphatic carbocycles. The smallest absolute Gasteiger partial charge is 0.269 e. The molecule has 148 valence electrons. The molecule has 1 aliphatic rings. The Morgan fingerprint density at radius 1 is 1.14 bits per heavy atom. The molecule has 1 saturated heterocycles. The number of rotatable bonds is 7. The van der Waals surface area contributed by atoms with Crippen LogP contribution in [0.25, 0.3) is 0 Å². The molecular formula is C19H22ClN5O3. The fourth-order valence-electron chi connectivity index (χ4n) is 3.05. The lowest BCUT2D eigenvalue weighted by atomic mass is 10.1. The summed E-state index contributed by atoms with van der Waals surface area (Å²) in [6.45, 7) is 2.68. The van der Waals surface area contributed by atoms with Crippen LogP contribution in [0.5, 0.6) is 0 Å².